The topological polar surface area (TPSA) is 28.2 Å². The molecule has 3 nitrogen and oxygen atoms in total. The maximum atomic E-state index is 12.4. The van der Waals surface area contributed by atoms with Crippen LogP contribution in [0.15, 0.2) is 0 Å². The summed E-state index contributed by atoms with van der Waals surface area (Å²) in [4.78, 5) is 6.71. The Labute approximate surface area is 121 Å². The molecule has 7 heteroatoms. The lowest BCUT2D eigenvalue weighted by atomic mass is 9.98. The number of hydrogen-bond acceptors (Lipinski definition) is 4. The normalized spacial score (nSPS) is 18.9. The van der Waals surface area contributed by atoms with E-state index >= 15 is 0 Å². The molecule has 1 N–H and O–H groups in total. The van der Waals surface area contributed by atoms with Gasteiger partial charge in [-0.05, 0) is 32.2 Å². The summed E-state index contributed by atoms with van der Waals surface area (Å²) in [6, 6.07) is 0.254. The van der Waals surface area contributed by atoms with E-state index in [4.69, 9.17) is 0 Å². The number of hydrogen-bond donors (Lipinski definition) is 1. The monoisotopic (exact) mass is 307 g/mol. The molecular formula is C13H20F3N3S. The van der Waals surface area contributed by atoms with Crippen LogP contribution in [-0.4, -0.2) is 31.3 Å². The van der Waals surface area contributed by atoms with Gasteiger partial charge in [0.25, 0.3) is 0 Å². The van der Waals surface area contributed by atoms with E-state index in [0.717, 1.165) is 42.8 Å². The van der Waals surface area contributed by atoms with E-state index in [9.17, 15) is 13.2 Å². The molecule has 0 radical (unpaired) electrons. The second-order valence-corrected chi connectivity index (χ2v) is 6.19. The van der Waals surface area contributed by atoms with Crippen LogP contribution in [0.25, 0.3) is 0 Å². The highest BCUT2D eigenvalue weighted by molar-refractivity contribution is 7.15. The van der Waals surface area contributed by atoms with E-state index in [0.29, 0.717) is 5.13 Å². The Balaban J connectivity index is 2.12. The zero-order valence-corrected chi connectivity index (χ0v) is 12.6. The third-order valence-electron chi connectivity index (χ3n) is 3.32. The van der Waals surface area contributed by atoms with Gasteiger partial charge in [0.15, 0.2) is 5.13 Å². The predicted octanol–water partition coefficient (Wildman–Crippen LogP) is 3.52. The largest absolute Gasteiger partial charge is 0.405 e. The van der Waals surface area contributed by atoms with Gasteiger partial charge in [0.1, 0.15) is 6.54 Å². The first-order chi connectivity index (χ1) is 9.40. The number of halogens is 3. The molecule has 0 fully saturated rings. The number of anilines is 1. The Morgan fingerprint density at radius 2 is 2.20 bits per heavy atom. The van der Waals surface area contributed by atoms with Crippen LogP contribution < -0.4 is 10.2 Å². The molecule has 0 spiro atoms. The lowest BCUT2D eigenvalue weighted by Gasteiger charge is -2.22. The number of aryl methyl sites for hydroxylation is 1. The standard InChI is InChI=1S/C13H20F3N3S/c1-3-7-17-9-5-4-6-10-11(9)20-12(18-10)19(2)8-13(14,15)16/h9,17H,3-8H2,1-2H3. The zero-order chi connectivity index (χ0) is 14.8. The van der Waals surface area contributed by atoms with Gasteiger partial charge in [-0.2, -0.15) is 13.2 Å². The minimum Gasteiger partial charge on any atom is -0.342 e. The van der Waals surface area contributed by atoms with Crippen molar-refractivity contribution in [3.05, 3.63) is 10.6 Å². The highest BCUT2D eigenvalue weighted by Crippen LogP contribution is 2.37. The predicted molar refractivity (Wildman–Crippen MR) is 75.4 cm³/mol. The first-order valence-corrected chi connectivity index (χ1v) is 7.73. The first-order valence-electron chi connectivity index (χ1n) is 6.91. The fraction of sp³-hybridized carbons (Fsp3) is 0.769. The first kappa shape index (κ1) is 15.6. The Kier molecular flexibility index (Phi) is 4.90. The third-order valence-corrected chi connectivity index (χ3v) is 4.65. The van der Waals surface area contributed by atoms with Gasteiger partial charge in [-0.3, -0.25) is 0 Å². The average Bonchev–Trinajstić information content (AvgIpc) is 2.78. The lowest BCUT2D eigenvalue weighted by Crippen LogP contribution is -2.30. The lowest BCUT2D eigenvalue weighted by molar-refractivity contribution is -0.119. The van der Waals surface area contributed by atoms with Gasteiger partial charge in [-0.1, -0.05) is 18.3 Å². The summed E-state index contributed by atoms with van der Waals surface area (Å²) in [7, 11) is 1.45. The van der Waals surface area contributed by atoms with Gasteiger partial charge in [0.2, 0.25) is 0 Å². The zero-order valence-electron chi connectivity index (χ0n) is 11.8. The molecule has 0 aromatic carbocycles. The number of aromatic nitrogens is 1. The molecule has 1 aromatic rings. The molecule has 0 amide bonds. The molecular weight excluding hydrogens is 287 g/mol. The maximum absolute atomic E-state index is 12.4. The van der Waals surface area contributed by atoms with Gasteiger partial charge >= 0.3 is 6.18 Å². The maximum Gasteiger partial charge on any atom is 0.405 e. The molecule has 114 valence electrons. The van der Waals surface area contributed by atoms with Gasteiger partial charge in [-0.25, -0.2) is 4.98 Å². The van der Waals surface area contributed by atoms with Crippen LogP contribution >= 0.6 is 11.3 Å². The van der Waals surface area contributed by atoms with Crippen molar-refractivity contribution in [2.24, 2.45) is 0 Å². The minimum absolute atomic E-state index is 0.254. The van der Waals surface area contributed by atoms with Crippen molar-refractivity contribution in [1.82, 2.24) is 10.3 Å². The molecule has 1 heterocycles. The number of nitrogens with one attached hydrogen (secondary N) is 1. The molecule has 20 heavy (non-hydrogen) atoms. The molecule has 1 aliphatic carbocycles. The highest BCUT2D eigenvalue weighted by Gasteiger charge is 2.32. The summed E-state index contributed by atoms with van der Waals surface area (Å²) in [5.41, 5.74) is 0.971. The summed E-state index contributed by atoms with van der Waals surface area (Å²) in [6.07, 6.45) is -0.194. The molecule has 1 atom stereocenters. The molecule has 0 saturated heterocycles. The van der Waals surface area contributed by atoms with E-state index in [2.05, 4.69) is 17.2 Å². The summed E-state index contributed by atoms with van der Waals surface area (Å²) >= 11 is 1.39. The van der Waals surface area contributed by atoms with Gasteiger partial charge < -0.3 is 10.2 Å². The van der Waals surface area contributed by atoms with Gasteiger partial charge in [-0.15, -0.1) is 0 Å². The summed E-state index contributed by atoms with van der Waals surface area (Å²) < 4.78 is 37.3. The molecule has 1 unspecified atom stereocenters. The quantitative estimate of drug-likeness (QED) is 0.902. The summed E-state index contributed by atoms with van der Waals surface area (Å²) in [6.45, 7) is 2.08. The van der Waals surface area contributed by atoms with Crippen LogP contribution in [0.3, 0.4) is 0 Å². The van der Waals surface area contributed by atoms with Crippen molar-refractivity contribution in [3.63, 3.8) is 0 Å². The average molecular weight is 307 g/mol. The van der Waals surface area contributed by atoms with Gasteiger partial charge in [0, 0.05) is 18.0 Å². The Morgan fingerprint density at radius 3 is 2.85 bits per heavy atom. The molecule has 1 aromatic heterocycles. The van der Waals surface area contributed by atoms with Gasteiger partial charge in [0.05, 0.1) is 5.69 Å². The fourth-order valence-corrected chi connectivity index (χ4v) is 3.60. The van der Waals surface area contributed by atoms with Crippen molar-refractivity contribution in [2.75, 3.05) is 25.0 Å². The number of alkyl halides is 3. The third kappa shape index (κ3) is 3.85. The van der Waals surface area contributed by atoms with E-state index in [1.165, 1.54) is 23.3 Å². The second kappa shape index (κ2) is 6.30. The molecule has 0 bridgehead atoms. The Hall–Kier alpha value is -0.820. The van der Waals surface area contributed by atoms with Crippen LogP contribution in [0.4, 0.5) is 18.3 Å². The smallest absolute Gasteiger partial charge is 0.342 e. The molecule has 0 saturated carbocycles. The summed E-state index contributed by atoms with van der Waals surface area (Å²) in [5, 5.41) is 3.93. The number of thiazole rings is 1. The van der Waals surface area contributed by atoms with Crippen LogP contribution in [0.2, 0.25) is 0 Å². The summed E-state index contributed by atoms with van der Waals surface area (Å²) in [5.74, 6) is 0. The van der Waals surface area contributed by atoms with Crippen LogP contribution in [0.5, 0.6) is 0 Å². The van der Waals surface area contributed by atoms with Crippen LogP contribution in [0, 0.1) is 0 Å². The second-order valence-electron chi connectivity index (χ2n) is 5.18. The SMILES string of the molecule is CCCNC1CCCc2nc(N(C)CC(F)(F)F)sc21. The number of fused-ring (bicyclic) bond motifs is 1. The number of rotatable bonds is 5. The van der Waals surface area contributed by atoms with E-state index in [1.807, 2.05) is 0 Å². The van der Waals surface area contributed by atoms with Crippen LogP contribution in [-0.2, 0) is 6.42 Å². The van der Waals surface area contributed by atoms with E-state index < -0.39 is 12.7 Å². The molecule has 1 aliphatic rings. The van der Waals surface area contributed by atoms with Crippen molar-refractivity contribution in [3.8, 4) is 0 Å². The Bertz CT molecular complexity index is 445. The van der Waals surface area contributed by atoms with Crippen molar-refractivity contribution in [1.29, 1.82) is 0 Å². The van der Waals surface area contributed by atoms with E-state index in [1.54, 1.807) is 0 Å². The van der Waals surface area contributed by atoms with Crippen molar-refractivity contribution in [2.45, 2.75) is 44.8 Å². The Morgan fingerprint density at radius 1 is 1.45 bits per heavy atom. The minimum atomic E-state index is -4.19. The molecule has 2 rings (SSSR count). The van der Waals surface area contributed by atoms with Crippen molar-refractivity contribution < 1.29 is 13.2 Å². The van der Waals surface area contributed by atoms with E-state index in [-0.39, 0.29) is 6.04 Å². The highest BCUT2D eigenvalue weighted by atomic mass is 32.1. The van der Waals surface area contributed by atoms with Crippen LogP contribution in [0.1, 0.15) is 42.8 Å². The molecule has 0 aliphatic heterocycles. The number of nitrogens with zero attached hydrogens (tertiary/aromatic N) is 2. The van der Waals surface area contributed by atoms with Crippen molar-refractivity contribution >= 4 is 16.5 Å². The fourth-order valence-electron chi connectivity index (χ4n) is 2.42.